The topological polar surface area (TPSA) is 101 Å². The van der Waals surface area contributed by atoms with E-state index in [9.17, 15) is 23.1 Å². The number of aryl methyl sites for hydroxylation is 1. The molecule has 3 N–H and O–H groups in total. The van der Waals surface area contributed by atoms with Crippen LogP contribution in [0.2, 0.25) is 0 Å². The summed E-state index contributed by atoms with van der Waals surface area (Å²) >= 11 is 0. The zero-order chi connectivity index (χ0) is 23.8. The molecular formula is C22H24F3N5O3. The minimum atomic E-state index is -4.31. The number of aliphatic hydroxyl groups is 1. The summed E-state index contributed by atoms with van der Waals surface area (Å²) in [5, 5.41) is 20.2. The van der Waals surface area contributed by atoms with E-state index >= 15 is 0 Å². The van der Waals surface area contributed by atoms with Crippen molar-refractivity contribution >= 4 is 17.2 Å². The van der Waals surface area contributed by atoms with Gasteiger partial charge in [0.1, 0.15) is 5.69 Å². The Bertz CT molecular complexity index is 1170. The standard InChI is InChI=1S/C22H24F3N5O3/c1-12-9-13(3-6-15(12)20(31)28-14-4-5-14)18-11-27-19-16(26-8-7-22(23,24)25)10-17(21(32)33-2)29-30(18)19/h3,6,9-11,14,21,26,32H,4-5,7-8H2,1-2H3,(H,28,31). The van der Waals surface area contributed by atoms with Crippen molar-refractivity contribution in [3.8, 4) is 11.3 Å². The number of imidazole rings is 1. The van der Waals surface area contributed by atoms with E-state index in [0.717, 1.165) is 18.4 Å². The molecule has 0 spiro atoms. The number of rotatable bonds is 8. The normalized spacial score (nSPS) is 15.0. The van der Waals surface area contributed by atoms with Gasteiger partial charge in [0.15, 0.2) is 11.9 Å². The lowest BCUT2D eigenvalue weighted by Gasteiger charge is -2.14. The molecule has 1 saturated carbocycles. The quantitative estimate of drug-likeness (QED) is 0.442. The van der Waals surface area contributed by atoms with Crippen LogP contribution in [0.25, 0.3) is 16.9 Å². The molecular weight excluding hydrogens is 439 g/mol. The molecule has 3 aromatic rings. The van der Waals surface area contributed by atoms with Crippen LogP contribution in [-0.2, 0) is 4.74 Å². The van der Waals surface area contributed by atoms with Crippen LogP contribution >= 0.6 is 0 Å². The van der Waals surface area contributed by atoms with Gasteiger partial charge in [0.05, 0.1) is 24.0 Å². The number of aliphatic hydroxyl groups excluding tert-OH is 1. The number of hydrogen-bond acceptors (Lipinski definition) is 6. The fraction of sp³-hybridized carbons (Fsp3) is 0.409. The zero-order valence-corrected chi connectivity index (χ0v) is 18.1. The number of methoxy groups -OCH3 is 1. The van der Waals surface area contributed by atoms with Gasteiger partial charge in [0.25, 0.3) is 5.91 Å². The molecule has 11 heteroatoms. The van der Waals surface area contributed by atoms with E-state index in [4.69, 9.17) is 4.74 Å². The molecule has 1 atom stereocenters. The molecule has 0 radical (unpaired) electrons. The number of nitrogens with zero attached hydrogens (tertiary/aromatic N) is 3. The molecule has 1 aliphatic rings. The first-order chi connectivity index (χ1) is 15.7. The highest BCUT2D eigenvalue weighted by atomic mass is 19.4. The Kier molecular flexibility index (Phi) is 6.26. The molecule has 1 aliphatic carbocycles. The van der Waals surface area contributed by atoms with E-state index in [0.29, 0.717) is 22.5 Å². The lowest BCUT2D eigenvalue weighted by atomic mass is 10.0. The Morgan fingerprint density at radius 3 is 2.73 bits per heavy atom. The number of halogens is 3. The van der Waals surface area contributed by atoms with Crippen LogP contribution in [0.5, 0.6) is 0 Å². The van der Waals surface area contributed by atoms with Gasteiger partial charge in [-0.2, -0.15) is 18.3 Å². The second-order valence-corrected chi connectivity index (χ2v) is 8.02. The molecule has 1 amide bonds. The Morgan fingerprint density at radius 2 is 2.09 bits per heavy atom. The maximum absolute atomic E-state index is 12.6. The van der Waals surface area contributed by atoms with E-state index in [2.05, 4.69) is 20.7 Å². The van der Waals surface area contributed by atoms with Gasteiger partial charge in [-0.25, -0.2) is 9.50 Å². The number of carbonyl (C=O) groups is 1. The Labute approximate surface area is 187 Å². The largest absolute Gasteiger partial charge is 0.390 e. The number of benzene rings is 1. The van der Waals surface area contributed by atoms with Gasteiger partial charge in [0.2, 0.25) is 0 Å². The lowest BCUT2D eigenvalue weighted by molar-refractivity contribution is -0.131. The van der Waals surface area contributed by atoms with Crippen LogP contribution in [0.1, 0.15) is 47.2 Å². The van der Waals surface area contributed by atoms with Crippen molar-refractivity contribution in [3.05, 3.63) is 47.3 Å². The smallest absolute Gasteiger partial charge is 0.382 e. The summed E-state index contributed by atoms with van der Waals surface area (Å²) in [4.78, 5) is 16.7. The first kappa shape index (κ1) is 23.0. The van der Waals surface area contributed by atoms with Gasteiger partial charge in [-0.1, -0.05) is 6.07 Å². The molecule has 0 saturated heterocycles. The molecule has 2 heterocycles. The van der Waals surface area contributed by atoms with Crippen molar-refractivity contribution in [2.75, 3.05) is 19.0 Å². The fourth-order valence-electron chi connectivity index (χ4n) is 3.46. The van der Waals surface area contributed by atoms with Crippen LogP contribution in [0, 0.1) is 6.92 Å². The van der Waals surface area contributed by atoms with Crippen molar-refractivity contribution < 1.29 is 27.8 Å². The molecule has 1 unspecified atom stereocenters. The molecule has 4 rings (SSSR count). The molecule has 33 heavy (non-hydrogen) atoms. The number of nitrogens with one attached hydrogen (secondary N) is 2. The fourth-order valence-corrected chi connectivity index (χ4v) is 3.46. The third kappa shape index (κ3) is 5.25. The van der Waals surface area contributed by atoms with Crippen molar-refractivity contribution in [2.45, 2.75) is 44.7 Å². The molecule has 1 aromatic carbocycles. The maximum Gasteiger partial charge on any atom is 0.390 e. The number of amides is 1. The average molecular weight is 463 g/mol. The summed E-state index contributed by atoms with van der Waals surface area (Å²) in [5.74, 6) is -0.125. The monoisotopic (exact) mass is 463 g/mol. The number of hydrogen-bond donors (Lipinski definition) is 3. The number of ether oxygens (including phenoxy) is 1. The van der Waals surface area contributed by atoms with Crippen LogP contribution in [0.4, 0.5) is 18.9 Å². The highest BCUT2D eigenvalue weighted by molar-refractivity contribution is 5.96. The Hall–Kier alpha value is -3.18. The zero-order valence-electron chi connectivity index (χ0n) is 18.1. The Balaban J connectivity index is 1.69. The van der Waals surface area contributed by atoms with Crippen molar-refractivity contribution in [1.82, 2.24) is 19.9 Å². The second kappa shape index (κ2) is 8.99. The summed E-state index contributed by atoms with van der Waals surface area (Å²) in [5.41, 5.74) is 3.27. The van der Waals surface area contributed by atoms with Crippen LogP contribution in [0.15, 0.2) is 30.5 Å². The maximum atomic E-state index is 12.6. The number of anilines is 1. The highest BCUT2D eigenvalue weighted by Crippen LogP contribution is 2.29. The van der Waals surface area contributed by atoms with E-state index < -0.39 is 18.9 Å². The van der Waals surface area contributed by atoms with Gasteiger partial charge in [-0.15, -0.1) is 0 Å². The predicted molar refractivity (Wildman–Crippen MR) is 115 cm³/mol. The first-order valence-corrected chi connectivity index (χ1v) is 10.5. The third-order valence-electron chi connectivity index (χ3n) is 5.37. The van der Waals surface area contributed by atoms with Crippen LogP contribution in [-0.4, -0.2) is 51.5 Å². The van der Waals surface area contributed by atoms with E-state index in [1.165, 1.54) is 17.7 Å². The van der Waals surface area contributed by atoms with Crippen molar-refractivity contribution in [3.63, 3.8) is 0 Å². The number of alkyl halides is 3. The van der Waals surface area contributed by atoms with Crippen molar-refractivity contribution in [2.24, 2.45) is 0 Å². The molecule has 176 valence electrons. The SMILES string of the molecule is COC(O)c1cc(NCCC(F)(F)F)c2ncc(-c3ccc(C(=O)NC4CC4)c(C)c3)n2n1. The number of fused-ring (bicyclic) bond motifs is 1. The molecule has 8 nitrogen and oxygen atoms in total. The van der Waals surface area contributed by atoms with Crippen LogP contribution in [0.3, 0.4) is 0 Å². The minimum absolute atomic E-state index is 0.107. The van der Waals surface area contributed by atoms with E-state index in [1.54, 1.807) is 18.3 Å². The summed E-state index contributed by atoms with van der Waals surface area (Å²) < 4.78 is 44.2. The molecule has 2 aromatic heterocycles. The van der Waals surface area contributed by atoms with Gasteiger partial charge >= 0.3 is 6.18 Å². The highest BCUT2D eigenvalue weighted by Gasteiger charge is 2.27. The third-order valence-corrected chi connectivity index (χ3v) is 5.37. The summed E-state index contributed by atoms with van der Waals surface area (Å²) in [6.07, 6.45) is -3.18. The summed E-state index contributed by atoms with van der Waals surface area (Å²) in [6.45, 7) is 1.46. The van der Waals surface area contributed by atoms with E-state index in [-0.39, 0.29) is 29.9 Å². The van der Waals surface area contributed by atoms with Gasteiger partial charge in [-0.05, 0) is 43.5 Å². The number of aromatic nitrogens is 3. The molecule has 0 aliphatic heterocycles. The second-order valence-electron chi connectivity index (χ2n) is 8.02. The minimum Gasteiger partial charge on any atom is -0.382 e. The van der Waals surface area contributed by atoms with E-state index in [1.807, 2.05) is 13.0 Å². The average Bonchev–Trinajstić information content (AvgIpc) is 3.46. The predicted octanol–water partition coefficient (Wildman–Crippen LogP) is 3.60. The summed E-state index contributed by atoms with van der Waals surface area (Å²) in [7, 11) is 1.29. The van der Waals surface area contributed by atoms with Gasteiger partial charge in [-0.3, -0.25) is 4.79 Å². The number of carbonyl (C=O) groups excluding carboxylic acids is 1. The van der Waals surface area contributed by atoms with Gasteiger partial charge < -0.3 is 20.5 Å². The lowest BCUT2D eigenvalue weighted by Crippen LogP contribution is -2.26. The molecule has 0 bridgehead atoms. The van der Waals surface area contributed by atoms with Crippen molar-refractivity contribution in [1.29, 1.82) is 0 Å². The van der Waals surface area contributed by atoms with Gasteiger partial charge in [0, 0.05) is 30.8 Å². The molecule has 1 fully saturated rings. The van der Waals surface area contributed by atoms with Crippen LogP contribution < -0.4 is 10.6 Å². The Morgan fingerprint density at radius 1 is 1.33 bits per heavy atom. The summed E-state index contributed by atoms with van der Waals surface area (Å²) in [6, 6.07) is 6.96. The first-order valence-electron chi connectivity index (χ1n) is 10.5.